The Morgan fingerprint density at radius 2 is 2.26 bits per heavy atom. The number of ether oxygens (including phenoxy) is 1. The largest absolute Gasteiger partial charge is 0.497 e. The average Bonchev–Trinajstić information content (AvgIpc) is 2.86. The lowest BCUT2D eigenvalue weighted by Crippen LogP contribution is -2.05. The fourth-order valence-corrected chi connectivity index (χ4v) is 1.80. The number of carbonyl (C=O) groups is 1. The van der Waals surface area contributed by atoms with Crippen LogP contribution in [0.4, 0.5) is 5.69 Å². The minimum Gasteiger partial charge on any atom is -0.497 e. The van der Waals surface area contributed by atoms with Gasteiger partial charge in [-0.25, -0.2) is 4.79 Å². The van der Waals surface area contributed by atoms with E-state index in [4.69, 9.17) is 25.9 Å². The van der Waals surface area contributed by atoms with Crippen molar-refractivity contribution in [3.63, 3.8) is 0 Å². The maximum atomic E-state index is 10.9. The third-order valence-corrected chi connectivity index (χ3v) is 2.91. The van der Waals surface area contributed by atoms with Gasteiger partial charge in [-0.1, -0.05) is 11.6 Å². The highest BCUT2D eigenvalue weighted by Gasteiger charge is 2.13. The second-order valence-electron chi connectivity index (χ2n) is 3.78. The first-order valence-electron chi connectivity index (χ1n) is 5.49. The summed E-state index contributed by atoms with van der Waals surface area (Å²) in [5, 5.41) is 12.5. The van der Waals surface area contributed by atoms with Crippen LogP contribution in [0.3, 0.4) is 0 Å². The Bertz CT molecular complexity index is 594. The molecular weight excluding hydrogens is 270 g/mol. The molecule has 19 heavy (non-hydrogen) atoms. The van der Waals surface area contributed by atoms with Gasteiger partial charge in [0.1, 0.15) is 5.75 Å². The van der Waals surface area contributed by atoms with Crippen molar-refractivity contribution in [2.24, 2.45) is 0 Å². The van der Waals surface area contributed by atoms with Crippen LogP contribution in [0.15, 0.2) is 34.9 Å². The molecule has 0 radical (unpaired) electrons. The third kappa shape index (κ3) is 3.00. The van der Waals surface area contributed by atoms with Crippen molar-refractivity contribution >= 4 is 23.3 Å². The molecule has 2 aromatic rings. The van der Waals surface area contributed by atoms with Crippen molar-refractivity contribution in [3.8, 4) is 5.75 Å². The van der Waals surface area contributed by atoms with E-state index in [0.717, 1.165) is 0 Å². The molecule has 0 saturated heterocycles. The van der Waals surface area contributed by atoms with Crippen LogP contribution in [-0.4, -0.2) is 18.2 Å². The van der Waals surface area contributed by atoms with Gasteiger partial charge in [0.15, 0.2) is 0 Å². The first kappa shape index (κ1) is 13.3. The lowest BCUT2D eigenvalue weighted by atomic mass is 10.2. The first-order valence-corrected chi connectivity index (χ1v) is 5.86. The average molecular weight is 282 g/mol. The Morgan fingerprint density at radius 1 is 1.47 bits per heavy atom. The van der Waals surface area contributed by atoms with E-state index in [1.807, 2.05) is 0 Å². The summed E-state index contributed by atoms with van der Waals surface area (Å²) >= 11 is 6.04. The fraction of sp³-hybridized carbons (Fsp3) is 0.154. The van der Waals surface area contributed by atoms with Crippen LogP contribution >= 0.6 is 11.6 Å². The predicted octanol–water partition coefficient (Wildman–Crippen LogP) is 3.25. The van der Waals surface area contributed by atoms with Crippen LogP contribution in [0, 0.1) is 0 Å². The fourth-order valence-electron chi connectivity index (χ4n) is 1.62. The van der Waals surface area contributed by atoms with Gasteiger partial charge in [0.05, 0.1) is 24.1 Å². The van der Waals surface area contributed by atoms with Gasteiger partial charge >= 0.3 is 5.97 Å². The van der Waals surface area contributed by atoms with Crippen LogP contribution in [0.1, 0.15) is 16.1 Å². The number of rotatable bonds is 5. The Kier molecular flexibility index (Phi) is 3.97. The molecule has 0 bridgehead atoms. The van der Waals surface area contributed by atoms with Crippen molar-refractivity contribution in [3.05, 3.63) is 46.9 Å². The Labute approximate surface area is 114 Å². The lowest BCUT2D eigenvalue weighted by Gasteiger charge is -2.09. The van der Waals surface area contributed by atoms with Crippen LogP contribution < -0.4 is 10.1 Å². The standard InChI is InChI=1S/C13H12ClNO4/c1-18-9-2-3-10(14)11(6-9)15-7-8-4-5-19-12(8)13(16)17/h2-6,15H,7H2,1H3,(H,16,17). The molecule has 5 nitrogen and oxygen atoms in total. The molecule has 0 aliphatic rings. The maximum Gasteiger partial charge on any atom is 0.372 e. The van der Waals surface area contributed by atoms with Crippen molar-refractivity contribution in [1.29, 1.82) is 0 Å². The minimum absolute atomic E-state index is 0.0773. The molecule has 2 N–H and O–H groups in total. The van der Waals surface area contributed by atoms with Crippen LogP contribution in [0.25, 0.3) is 0 Å². The molecule has 1 aromatic heterocycles. The number of hydrogen-bond donors (Lipinski definition) is 2. The van der Waals surface area contributed by atoms with E-state index in [9.17, 15) is 4.79 Å². The van der Waals surface area contributed by atoms with E-state index >= 15 is 0 Å². The summed E-state index contributed by atoms with van der Waals surface area (Å²) in [5.74, 6) is -0.511. The summed E-state index contributed by atoms with van der Waals surface area (Å²) in [7, 11) is 1.56. The third-order valence-electron chi connectivity index (χ3n) is 2.58. The number of benzene rings is 1. The predicted molar refractivity (Wildman–Crippen MR) is 71.0 cm³/mol. The zero-order valence-electron chi connectivity index (χ0n) is 10.1. The summed E-state index contributed by atoms with van der Waals surface area (Å²) in [6.45, 7) is 0.297. The molecule has 0 spiro atoms. The number of hydrogen-bond acceptors (Lipinski definition) is 4. The van der Waals surface area contributed by atoms with Gasteiger partial charge in [0.2, 0.25) is 5.76 Å². The van der Waals surface area contributed by atoms with E-state index in [1.165, 1.54) is 6.26 Å². The topological polar surface area (TPSA) is 71.7 Å². The molecule has 0 atom stereocenters. The molecule has 0 unspecified atom stereocenters. The molecule has 6 heteroatoms. The van der Waals surface area contributed by atoms with Gasteiger partial charge in [-0.15, -0.1) is 0 Å². The van der Waals surface area contributed by atoms with Gasteiger partial charge in [-0.05, 0) is 18.2 Å². The van der Waals surface area contributed by atoms with Crippen LogP contribution in [-0.2, 0) is 6.54 Å². The number of carboxylic acid groups (broad SMARTS) is 1. The second kappa shape index (κ2) is 5.67. The van der Waals surface area contributed by atoms with Gasteiger partial charge in [0.25, 0.3) is 0 Å². The maximum absolute atomic E-state index is 10.9. The quantitative estimate of drug-likeness (QED) is 0.880. The molecule has 0 saturated carbocycles. The minimum atomic E-state index is -1.10. The number of aromatic carboxylic acids is 1. The van der Waals surface area contributed by atoms with E-state index in [0.29, 0.717) is 28.6 Å². The molecule has 2 rings (SSSR count). The highest BCUT2D eigenvalue weighted by molar-refractivity contribution is 6.33. The lowest BCUT2D eigenvalue weighted by molar-refractivity contribution is 0.0661. The summed E-state index contributed by atoms with van der Waals surface area (Å²) in [6, 6.07) is 6.79. The van der Waals surface area contributed by atoms with E-state index in [1.54, 1.807) is 31.4 Å². The number of nitrogens with one attached hydrogen (secondary N) is 1. The summed E-state index contributed by atoms with van der Waals surface area (Å²) in [4.78, 5) is 10.9. The SMILES string of the molecule is COc1ccc(Cl)c(NCc2ccoc2C(=O)O)c1. The summed E-state index contributed by atoms with van der Waals surface area (Å²) in [6.07, 6.45) is 1.34. The van der Waals surface area contributed by atoms with Crippen molar-refractivity contribution < 1.29 is 19.1 Å². The van der Waals surface area contributed by atoms with Crippen LogP contribution in [0.2, 0.25) is 5.02 Å². The van der Waals surface area contributed by atoms with E-state index < -0.39 is 5.97 Å². The number of methoxy groups -OCH3 is 1. The zero-order valence-corrected chi connectivity index (χ0v) is 10.9. The smallest absolute Gasteiger partial charge is 0.372 e. The highest BCUT2D eigenvalue weighted by Crippen LogP contribution is 2.27. The number of halogens is 1. The second-order valence-corrected chi connectivity index (χ2v) is 4.19. The molecule has 0 aliphatic heterocycles. The zero-order chi connectivity index (χ0) is 13.8. The normalized spacial score (nSPS) is 10.2. The van der Waals surface area contributed by atoms with Crippen molar-refractivity contribution in [2.45, 2.75) is 6.54 Å². The van der Waals surface area contributed by atoms with Crippen molar-refractivity contribution in [1.82, 2.24) is 0 Å². The van der Waals surface area contributed by atoms with Crippen LogP contribution in [0.5, 0.6) is 5.75 Å². The summed E-state index contributed by atoms with van der Waals surface area (Å²) in [5.41, 5.74) is 1.21. The summed E-state index contributed by atoms with van der Waals surface area (Å²) < 4.78 is 9.99. The molecule has 0 amide bonds. The molecule has 1 aromatic carbocycles. The monoisotopic (exact) mass is 281 g/mol. The van der Waals surface area contributed by atoms with E-state index in [-0.39, 0.29) is 5.76 Å². The Hall–Kier alpha value is -2.14. The molecule has 100 valence electrons. The highest BCUT2D eigenvalue weighted by atomic mass is 35.5. The number of anilines is 1. The number of furan rings is 1. The van der Waals surface area contributed by atoms with Crippen molar-refractivity contribution in [2.75, 3.05) is 12.4 Å². The van der Waals surface area contributed by atoms with Gasteiger partial charge < -0.3 is 19.6 Å². The number of carboxylic acids is 1. The molecular formula is C13H12ClNO4. The van der Waals surface area contributed by atoms with Gasteiger partial charge in [0, 0.05) is 18.2 Å². The molecule has 0 fully saturated rings. The van der Waals surface area contributed by atoms with Gasteiger partial charge in [-0.2, -0.15) is 0 Å². The Balaban J connectivity index is 2.14. The van der Waals surface area contributed by atoms with Gasteiger partial charge in [-0.3, -0.25) is 0 Å². The van der Waals surface area contributed by atoms with E-state index in [2.05, 4.69) is 5.32 Å². The molecule has 0 aliphatic carbocycles. The first-order chi connectivity index (χ1) is 9.11. The Morgan fingerprint density at radius 3 is 2.95 bits per heavy atom. The molecule has 1 heterocycles.